The van der Waals surface area contributed by atoms with Crippen molar-refractivity contribution in [3.05, 3.63) is 146 Å². The molecular formula is C65H102O6. The second-order valence-electron chi connectivity index (χ2n) is 18.1. The molecule has 0 amide bonds. The molecule has 1 atom stereocenters. The number of ether oxygens (including phenoxy) is 3. The third-order valence-electron chi connectivity index (χ3n) is 11.3. The number of hydrogen-bond acceptors (Lipinski definition) is 6. The van der Waals surface area contributed by atoms with E-state index in [1.54, 1.807) is 0 Å². The minimum absolute atomic E-state index is 0.0986. The summed E-state index contributed by atoms with van der Waals surface area (Å²) in [6.07, 6.45) is 83.1. The lowest BCUT2D eigenvalue weighted by Gasteiger charge is -2.18. The maximum absolute atomic E-state index is 12.8. The van der Waals surface area contributed by atoms with Gasteiger partial charge in [0.15, 0.2) is 6.10 Å². The molecule has 6 nitrogen and oxygen atoms in total. The molecule has 0 saturated heterocycles. The molecule has 398 valence electrons. The van der Waals surface area contributed by atoms with E-state index in [1.165, 1.54) is 12.8 Å². The smallest absolute Gasteiger partial charge is 0.306 e. The zero-order valence-corrected chi connectivity index (χ0v) is 45.4. The van der Waals surface area contributed by atoms with E-state index in [-0.39, 0.29) is 31.1 Å². The lowest BCUT2D eigenvalue weighted by Crippen LogP contribution is -2.30. The largest absolute Gasteiger partial charge is 0.462 e. The second-order valence-corrected chi connectivity index (χ2v) is 18.1. The molecule has 0 aromatic rings. The molecule has 0 heterocycles. The quantitative estimate of drug-likeness (QED) is 0.0262. The first-order chi connectivity index (χ1) is 35.0. The molecule has 1 unspecified atom stereocenters. The Morgan fingerprint density at radius 3 is 0.859 bits per heavy atom. The van der Waals surface area contributed by atoms with Crippen LogP contribution in [-0.4, -0.2) is 37.2 Å². The van der Waals surface area contributed by atoms with Gasteiger partial charge in [-0.15, -0.1) is 0 Å². The van der Waals surface area contributed by atoms with E-state index in [9.17, 15) is 14.4 Å². The maximum Gasteiger partial charge on any atom is 0.306 e. The van der Waals surface area contributed by atoms with Crippen LogP contribution in [0.1, 0.15) is 226 Å². The van der Waals surface area contributed by atoms with Crippen LogP contribution in [0.2, 0.25) is 0 Å². The topological polar surface area (TPSA) is 78.9 Å². The third kappa shape index (κ3) is 56.1. The highest BCUT2D eigenvalue weighted by Gasteiger charge is 2.19. The molecule has 6 heteroatoms. The highest BCUT2D eigenvalue weighted by molar-refractivity contribution is 5.71. The minimum atomic E-state index is -0.799. The Hall–Kier alpha value is -4.71. The number of allylic oxidation sites excluding steroid dienone is 24. The predicted octanol–water partition coefficient (Wildman–Crippen LogP) is 19.2. The van der Waals surface area contributed by atoms with Crippen LogP contribution in [-0.2, 0) is 28.6 Å². The van der Waals surface area contributed by atoms with Crippen molar-refractivity contribution in [3.63, 3.8) is 0 Å². The van der Waals surface area contributed by atoms with Gasteiger partial charge >= 0.3 is 17.9 Å². The highest BCUT2D eigenvalue weighted by Crippen LogP contribution is 2.13. The van der Waals surface area contributed by atoms with Crippen LogP contribution < -0.4 is 0 Å². The van der Waals surface area contributed by atoms with Crippen molar-refractivity contribution < 1.29 is 28.6 Å². The molecule has 0 aromatic carbocycles. The first-order valence-electron chi connectivity index (χ1n) is 28.3. The van der Waals surface area contributed by atoms with Crippen molar-refractivity contribution in [3.8, 4) is 0 Å². The average molecular weight is 980 g/mol. The fourth-order valence-corrected chi connectivity index (χ4v) is 7.15. The number of hydrogen-bond donors (Lipinski definition) is 0. The zero-order chi connectivity index (χ0) is 51.4. The monoisotopic (exact) mass is 979 g/mol. The Kier molecular flexibility index (Phi) is 54.0. The SMILES string of the molecule is CC/C=C\C/C=C\C/C=C\C/C=C\C/C=C\C/C=C\C/C=C\C/C=C\CCCCCCCCC(=O)OCC(COC(=O)CCCCCCC)OC(=O)CCCCCC/C=C\C/C=C\C/C=C\C/C=C\CC. The Bertz CT molecular complexity index is 1590. The van der Waals surface area contributed by atoms with Crippen molar-refractivity contribution in [2.24, 2.45) is 0 Å². The van der Waals surface area contributed by atoms with E-state index in [1.807, 2.05) is 0 Å². The molecule has 0 N–H and O–H groups in total. The summed E-state index contributed by atoms with van der Waals surface area (Å²) in [7, 11) is 0. The van der Waals surface area contributed by atoms with Gasteiger partial charge in [0.2, 0.25) is 0 Å². The van der Waals surface area contributed by atoms with Crippen LogP contribution in [0, 0.1) is 0 Å². The average Bonchev–Trinajstić information content (AvgIpc) is 3.37. The standard InChI is InChI=1S/C65H102O6/c1-4-7-10-13-15-17-19-21-23-25-26-27-28-29-30-31-32-33-34-35-36-37-38-40-41-43-45-47-49-52-55-58-64(67)70-61-62(60-69-63(66)57-54-51-12-9-6-3)71-65(68)59-56-53-50-48-46-44-42-39-24-22-20-18-16-14-11-8-5-2/h7-8,10-11,15-18,21-24,26-27,29-30,32-33,35-36,38,40,42,44,62H,4-6,9,12-14,19-20,25,28,31,34,37,39,41,43,45-61H2,1-3H3/b10-7-,11-8-,17-15-,18-16-,23-21-,24-22-,27-26-,30-29-,33-32-,36-35-,40-38-,44-42-. The molecule has 0 bridgehead atoms. The Morgan fingerprint density at radius 1 is 0.296 bits per heavy atom. The van der Waals surface area contributed by atoms with Crippen molar-refractivity contribution in [2.45, 2.75) is 232 Å². The van der Waals surface area contributed by atoms with Gasteiger partial charge in [0.05, 0.1) is 0 Å². The second kappa shape index (κ2) is 57.9. The molecule has 0 spiro atoms. The first kappa shape index (κ1) is 66.3. The number of carbonyl (C=O) groups excluding carboxylic acids is 3. The maximum atomic E-state index is 12.8. The summed E-state index contributed by atoms with van der Waals surface area (Å²) < 4.78 is 16.7. The number of unbranched alkanes of at least 4 members (excludes halogenated alkanes) is 14. The van der Waals surface area contributed by atoms with E-state index in [2.05, 4.69) is 167 Å². The normalized spacial score (nSPS) is 13.2. The van der Waals surface area contributed by atoms with E-state index in [0.29, 0.717) is 19.3 Å². The van der Waals surface area contributed by atoms with Crippen LogP contribution >= 0.6 is 0 Å². The van der Waals surface area contributed by atoms with Crippen molar-refractivity contribution in [1.82, 2.24) is 0 Å². The van der Waals surface area contributed by atoms with Crippen LogP contribution in [0.25, 0.3) is 0 Å². The van der Waals surface area contributed by atoms with Crippen LogP contribution in [0.15, 0.2) is 146 Å². The lowest BCUT2D eigenvalue weighted by atomic mass is 10.1. The first-order valence-corrected chi connectivity index (χ1v) is 28.3. The number of esters is 3. The van der Waals surface area contributed by atoms with Gasteiger partial charge in [-0.1, -0.05) is 231 Å². The van der Waals surface area contributed by atoms with Gasteiger partial charge in [-0.25, -0.2) is 0 Å². The summed E-state index contributed by atoms with van der Waals surface area (Å²) in [5.74, 6) is -0.961. The molecule has 0 radical (unpaired) electrons. The summed E-state index contributed by atoms with van der Waals surface area (Å²) in [4.78, 5) is 37.8. The Morgan fingerprint density at radius 2 is 0.549 bits per heavy atom. The molecule has 0 aliphatic carbocycles. The van der Waals surface area contributed by atoms with E-state index in [4.69, 9.17) is 14.2 Å². The van der Waals surface area contributed by atoms with Crippen LogP contribution in [0.4, 0.5) is 0 Å². The molecule has 0 saturated carbocycles. The number of rotatable bonds is 49. The van der Waals surface area contributed by atoms with Crippen molar-refractivity contribution in [2.75, 3.05) is 13.2 Å². The predicted molar refractivity (Wildman–Crippen MR) is 306 cm³/mol. The molecule has 0 fully saturated rings. The van der Waals surface area contributed by atoms with Crippen molar-refractivity contribution in [1.29, 1.82) is 0 Å². The van der Waals surface area contributed by atoms with E-state index in [0.717, 1.165) is 173 Å². The highest BCUT2D eigenvalue weighted by atomic mass is 16.6. The zero-order valence-electron chi connectivity index (χ0n) is 45.4. The summed E-state index contributed by atoms with van der Waals surface area (Å²) in [6, 6.07) is 0. The fraction of sp³-hybridized carbons (Fsp3) is 0.585. The van der Waals surface area contributed by atoms with E-state index < -0.39 is 6.10 Å². The van der Waals surface area contributed by atoms with Gasteiger partial charge in [0, 0.05) is 19.3 Å². The van der Waals surface area contributed by atoms with Gasteiger partial charge in [0.1, 0.15) is 13.2 Å². The Labute approximate surface area is 436 Å². The summed E-state index contributed by atoms with van der Waals surface area (Å²) >= 11 is 0. The Balaban J connectivity index is 4.18. The summed E-state index contributed by atoms with van der Waals surface area (Å²) in [6.45, 7) is 6.27. The van der Waals surface area contributed by atoms with Crippen LogP contribution in [0.3, 0.4) is 0 Å². The van der Waals surface area contributed by atoms with E-state index >= 15 is 0 Å². The number of carbonyl (C=O) groups is 3. The molecule has 0 aliphatic rings. The van der Waals surface area contributed by atoms with Gasteiger partial charge in [-0.2, -0.15) is 0 Å². The van der Waals surface area contributed by atoms with Gasteiger partial charge in [0.25, 0.3) is 0 Å². The molecule has 0 aromatic heterocycles. The molecule has 0 rings (SSSR count). The third-order valence-corrected chi connectivity index (χ3v) is 11.3. The van der Waals surface area contributed by atoms with Crippen LogP contribution in [0.5, 0.6) is 0 Å². The molecule has 0 aliphatic heterocycles. The van der Waals surface area contributed by atoms with Crippen molar-refractivity contribution >= 4 is 17.9 Å². The van der Waals surface area contributed by atoms with Gasteiger partial charge in [-0.05, 0) is 122 Å². The fourth-order valence-electron chi connectivity index (χ4n) is 7.15. The van der Waals surface area contributed by atoms with Gasteiger partial charge in [-0.3, -0.25) is 14.4 Å². The molecular weight excluding hydrogens is 877 g/mol. The lowest BCUT2D eigenvalue weighted by molar-refractivity contribution is -0.167. The summed E-state index contributed by atoms with van der Waals surface area (Å²) in [5, 5.41) is 0. The summed E-state index contributed by atoms with van der Waals surface area (Å²) in [5.41, 5.74) is 0. The van der Waals surface area contributed by atoms with Gasteiger partial charge < -0.3 is 14.2 Å². The molecule has 71 heavy (non-hydrogen) atoms. The minimum Gasteiger partial charge on any atom is -0.462 e.